The number of carbonyl (C=O) groups excluding carboxylic acids is 1. The first kappa shape index (κ1) is 16.1. The van der Waals surface area contributed by atoms with Crippen molar-refractivity contribution in [2.75, 3.05) is 11.1 Å². The fraction of sp³-hybridized carbons (Fsp3) is 0.250. The highest BCUT2D eigenvalue weighted by Gasteiger charge is 2.30. The highest BCUT2D eigenvalue weighted by molar-refractivity contribution is 7.99. The molecule has 22 heavy (non-hydrogen) atoms. The summed E-state index contributed by atoms with van der Waals surface area (Å²) in [5.41, 5.74) is 0.373. The van der Waals surface area contributed by atoms with Crippen LogP contribution >= 0.6 is 11.8 Å². The summed E-state index contributed by atoms with van der Waals surface area (Å²) >= 11 is 1.20. The number of carbonyl (C=O) groups is 1. The smallest absolute Gasteiger partial charge is 0.406 e. The van der Waals surface area contributed by atoms with Gasteiger partial charge < -0.3 is 14.6 Å². The number of alkyl halides is 3. The third-order valence-corrected chi connectivity index (χ3v) is 3.41. The number of halogens is 3. The van der Waals surface area contributed by atoms with Gasteiger partial charge in [0, 0.05) is 12.7 Å². The van der Waals surface area contributed by atoms with E-state index in [0.717, 1.165) is 12.1 Å². The maximum Gasteiger partial charge on any atom is 0.573 e. The van der Waals surface area contributed by atoms with E-state index < -0.39 is 6.36 Å². The molecular formula is C12H11F3N4O2S. The molecule has 0 aliphatic carbocycles. The molecule has 0 aliphatic rings. The van der Waals surface area contributed by atoms with Crippen LogP contribution in [0.3, 0.4) is 0 Å². The Morgan fingerprint density at radius 3 is 2.59 bits per heavy atom. The van der Waals surface area contributed by atoms with E-state index in [4.69, 9.17) is 0 Å². The van der Waals surface area contributed by atoms with Crippen LogP contribution in [0.2, 0.25) is 0 Å². The molecule has 6 nitrogen and oxygen atoms in total. The van der Waals surface area contributed by atoms with Crippen LogP contribution in [-0.2, 0) is 11.8 Å². The number of aryl methyl sites for hydroxylation is 1. The molecule has 10 heteroatoms. The first-order valence-corrected chi connectivity index (χ1v) is 6.94. The van der Waals surface area contributed by atoms with Crippen LogP contribution in [0.4, 0.5) is 18.9 Å². The van der Waals surface area contributed by atoms with E-state index in [-0.39, 0.29) is 17.4 Å². The molecule has 118 valence electrons. The Hall–Kier alpha value is -2.23. The fourth-order valence-electron chi connectivity index (χ4n) is 1.47. The molecule has 0 saturated heterocycles. The first-order chi connectivity index (χ1) is 10.3. The second-order valence-electron chi connectivity index (χ2n) is 4.13. The molecule has 0 radical (unpaired) electrons. The van der Waals surface area contributed by atoms with Gasteiger partial charge in [0.2, 0.25) is 5.91 Å². The molecule has 0 bridgehead atoms. The first-order valence-electron chi connectivity index (χ1n) is 5.96. The van der Waals surface area contributed by atoms with Gasteiger partial charge in [-0.05, 0) is 24.3 Å². The maximum atomic E-state index is 12.0. The van der Waals surface area contributed by atoms with E-state index in [2.05, 4.69) is 20.3 Å². The molecule has 0 saturated carbocycles. The van der Waals surface area contributed by atoms with Crippen molar-refractivity contribution >= 4 is 23.4 Å². The number of amides is 1. The molecule has 1 N–H and O–H groups in total. The van der Waals surface area contributed by atoms with Crippen molar-refractivity contribution in [2.24, 2.45) is 7.05 Å². The third-order valence-electron chi connectivity index (χ3n) is 2.37. The summed E-state index contributed by atoms with van der Waals surface area (Å²) in [6, 6.07) is 4.90. The third kappa shape index (κ3) is 4.95. The standard InChI is InChI=1S/C12H11F3N4O2S/c1-19-7-16-18-11(19)22-6-10(20)17-8-2-4-9(5-3-8)21-12(13,14)15/h2-5,7H,6H2,1H3,(H,17,20). The predicted octanol–water partition coefficient (Wildman–Crippen LogP) is 2.44. The number of benzene rings is 1. The second kappa shape index (κ2) is 6.69. The predicted molar refractivity (Wildman–Crippen MR) is 73.5 cm³/mol. The van der Waals surface area contributed by atoms with Crippen LogP contribution < -0.4 is 10.1 Å². The lowest BCUT2D eigenvalue weighted by atomic mass is 10.3. The summed E-state index contributed by atoms with van der Waals surface area (Å²) in [5.74, 6) is -0.552. The van der Waals surface area contributed by atoms with E-state index in [1.165, 1.54) is 30.2 Å². The molecule has 1 aromatic carbocycles. The minimum absolute atomic E-state index is 0.104. The number of nitrogens with one attached hydrogen (secondary N) is 1. The summed E-state index contributed by atoms with van der Waals surface area (Å²) in [5, 5.41) is 10.6. The lowest BCUT2D eigenvalue weighted by Gasteiger charge is -2.09. The summed E-state index contributed by atoms with van der Waals surface area (Å²) in [6.45, 7) is 0. The molecule has 0 fully saturated rings. The molecule has 2 rings (SSSR count). The van der Waals surface area contributed by atoms with Gasteiger partial charge in [0.25, 0.3) is 0 Å². The van der Waals surface area contributed by atoms with E-state index in [0.29, 0.717) is 10.8 Å². The quantitative estimate of drug-likeness (QED) is 0.852. The van der Waals surface area contributed by atoms with Gasteiger partial charge in [-0.3, -0.25) is 4.79 Å². The Bertz CT molecular complexity index is 643. The van der Waals surface area contributed by atoms with E-state index >= 15 is 0 Å². The average molecular weight is 332 g/mol. The van der Waals surface area contributed by atoms with Gasteiger partial charge in [-0.25, -0.2) is 0 Å². The Morgan fingerprint density at radius 1 is 1.36 bits per heavy atom. The Labute approximate surface area is 127 Å². The fourth-order valence-corrected chi connectivity index (χ4v) is 2.16. The molecule has 0 unspecified atom stereocenters. The van der Waals surface area contributed by atoms with Crippen LogP contribution in [0.15, 0.2) is 35.7 Å². The van der Waals surface area contributed by atoms with Gasteiger partial charge in [0.15, 0.2) is 5.16 Å². The zero-order valence-electron chi connectivity index (χ0n) is 11.3. The van der Waals surface area contributed by atoms with Gasteiger partial charge in [-0.2, -0.15) is 0 Å². The SMILES string of the molecule is Cn1cnnc1SCC(=O)Nc1ccc(OC(F)(F)F)cc1. The van der Waals surface area contributed by atoms with Gasteiger partial charge in [-0.15, -0.1) is 23.4 Å². The van der Waals surface area contributed by atoms with E-state index in [1.54, 1.807) is 11.6 Å². The summed E-state index contributed by atoms with van der Waals surface area (Å²) in [7, 11) is 1.75. The van der Waals surface area contributed by atoms with Crippen molar-refractivity contribution in [3.8, 4) is 5.75 Å². The zero-order valence-corrected chi connectivity index (χ0v) is 12.1. The Morgan fingerprint density at radius 2 is 2.05 bits per heavy atom. The average Bonchev–Trinajstić information content (AvgIpc) is 2.83. The van der Waals surface area contributed by atoms with Crippen LogP contribution in [-0.4, -0.2) is 32.8 Å². The number of hydrogen-bond acceptors (Lipinski definition) is 5. The number of aromatic nitrogens is 3. The highest BCUT2D eigenvalue weighted by Crippen LogP contribution is 2.24. The van der Waals surface area contributed by atoms with Crippen molar-refractivity contribution in [1.29, 1.82) is 0 Å². The molecule has 0 aliphatic heterocycles. The van der Waals surface area contributed by atoms with Crippen molar-refractivity contribution in [3.63, 3.8) is 0 Å². The van der Waals surface area contributed by atoms with Gasteiger partial charge in [-0.1, -0.05) is 11.8 Å². The van der Waals surface area contributed by atoms with Crippen molar-refractivity contribution in [1.82, 2.24) is 14.8 Å². The van der Waals surface area contributed by atoms with E-state index in [9.17, 15) is 18.0 Å². The summed E-state index contributed by atoms with van der Waals surface area (Å²) in [6.07, 6.45) is -3.23. The van der Waals surface area contributed by atoms with Crippen LogP contribution in [0.5, 0.6) is 5.75 Å². The monoisotopic (exact) mass is 332 g/mol. The number of rotatable bonds is 5. The number of hydrogen-bond donors (Lipinski definition) is 1. The minimum Gasteiger partial charge on any atom is -0.406 e. The van der Waals surface area contributed by atoms with Crippen molar-refractivity contribution in [3.05, 3.63) is 30.6 Å². The second-order valence-corrected chi connectivity index (χ2v) is 5.08. The Kier molecular flexibility index (Phi) is 4.91. The van der Waals surface area contributed by atoms with Crippen LogP contribution in [0.25, 0.3) is 0 Å². The zero-order chi connectivity index (χ0) is 16.2. The van der Waals surface area contributed by atoms with Crippen molar-refractivity contribution < 1.29 is 22.7 Å². The summed E-state index contributed by atoms with van der Waals surface area (Å²) < 4.78 is 41.4. The van der Waals surface area contributed by atoms with Crippen LogP contribution in [0, 0.1) is 0 Å². The lowest BCUT2D eigenvalue weighted by Crippen LogP contribution is -2.17. The van der Waals surface area contributed by atoms with Gasteiger partial charge in [0.05, 0.1) is 5.75 Å². The lowest BCUT2D eigenvalue weighted by molar-refractivity contribution is -0.274. The van der Waals surface area contributed by atoms with Gasteiger partial charge >= 0.3 is 6.36 Å². The molecule has 0 spiro atoms. The number of thioether (sulfide) groups is 1. The Balaban J connectivity index is 1.85. The van der Waals surface area contributed by atoms with Crippen LogP contribution in [0.1, 0.15) is 0 Å². The molecule has 1 amide bonds. The highest BCUT2D eigenvalue weighted by atomic mass is 32.2. The topological polar surface area (TPSA) is 69.0 Å². The largest absolute Gasteiger partial charge is 0.573 e. The number of anilines is 1. The van der Waals surface area contributed by atoms with E-state index in [1.807, 2.05) is 0 Å². The molecular weight excluding hydrogens is 321 g/mol. The number of ether oxygens (including phenoxy) is 1. The normalized spacial score (nSPS) is 11.3. The minimum atomic E-state index is -4.74. The molecule has 0 atom stereocenters. The molecule has 1 heterocycles. The summed E-state index contributed by atoms with van der Waals surface area (Å²) in [4.78, 5) is 11.7. The molecule has 2 aromatic rings. The maximum absolute atomic E-state index is 12.0. The molecule has 1 aromatic heterocycles. The van der Waals surface area contributed by atoms with Gasteiger partial charge in [0.1, 0.15) is 12.1 Å². The number of nitrogens with zero attached hydrogens (tertiary/aromatic N) is 3. The van der Waals surface area contributed by atoms with Crippen molar-refractivity contribution in [2.45, 2.75) is 11.5 Å².